The molecule has 0 bridgehead atoms. The van der Waals surface area contributed by atoms with Gasteiger partial charge in [-0.3, -0.25) is 0 Å². The fourth-order valence-electron chi connectivity index (χ4n) is 3.25. The van der Waals surface area contributed by atoms with Crippen molar-refractivity contribution in [2.75, 3.05) is 27.9 Å². The van der Waals surface area contributed by atoms with Crippen LogP contribution in [0, 0.1) is 0 Å². The van der Waals surface area contributed by atoms with Crippen LogP contribution in [0.15, 0.2) is 60.7 Å². The van der Waals surface area contributed by atoms with Crippen LogP contribution in [0.5, 0.6) is 23.0 Å². The van der Waals surface area contributed by atoms with Gasteiger partial charge in [0.15, 0.2) is 23.0 Å². The van der Waals surface area contributed by atoms with E-state index < -0.39 is 0 Å². The van der Waals surface area contributed by atoms with E-state index in [4.69, 9.17) is 30.5 Å². The first-order valence-corrected chi connectivity index (χ1v) is 10.5. The van der Waals surface area contributed by atoms with Crippen molar-refractivity contribution >= 4 is 24.0 Å². The molecule has 7 heteroatoms. The zero-order chi connectivity index (χ0) is 22.1. The number of ether oxygens (including phenoxy) is 4. The van der Waals surface area contributed by atoms with Crippen molar-refractivity contribution in [3.05, 3.63) is 82.4 Å². The first-order valence-electron chi connectivity index (χ1n) is 10.1. The largest absolute Gasteiger partial charge is 0.493 e. The van der Waals surface area contributed by atoms with Crippen LogP contribution in [0.1, 0.15) is 16.7 Å². The topological polar surface area (TPSA) is 49.0 Å². The van der Waals surface area contributed by atoms with Gasteiger partial charge in [0.05, 0.1) is 21.3 Å². The molecule has 172 valence electrons. The summed E-state index contributed by atoms with van der Waals surface area (Å²) in [7, 11) is 4.94. The van der Waals surface area contributed by atoms with E-state index in [9.17, 15) is 0 Å². The van der Waals surface area contributed by atoms with E-state index in [0.29, 0.717) is 23.9 Å². The zero-order valence-corrected chi connectivity index (χ0v) is 20.1. The van der Waals surface area contributed by atoms with Gasteiger partial charge in [0.1, 0.15) is 6.61 Å². The molecule has 0 aromatic heterocycles. The molecule has 0 aliphatic carbocycles. The third-order valence-electron chi connectivity index (χ3n) is 4.93. The molecular formula is C25H29Cl2NO4. The summed E-state index contributed by atoms with van der Waals surface area (Å²) in [6, 6.07) is 19.5. The molecule has 0 spiro atoms. The second kappa shape index (κ2) is 13.1. The van der Waals surface area contributed by atoms with Crippen molar-refractivity contribution in [1.82, 2.24) is 5.32 Å². The lowest BCUT2D eigenvalue weighted by Crippen LogP contribution is -2.17. The number of halogens is 2. The lowest BCUT2D eigenvalue weighted by molar-refractivity contribution is 0.280. The molecular weight excluding hydrogens is 449 g/mol. The molecule has 0 unspecified atom stereocenters. The predicted molar refractivity (Wildman–Crippen MR) is 131 cm³/mol. The van der Waals surface area contributed by atoms with Crippen LogP contribution >= 0.6 is 24.0 Å². The Labute approximate surface area is 201 Å². The van der Waals surface area contributed by atoms with E-state index in [1.165, 1.54) is 5.56 Å². The molecule has 32 heavy (non-hydrogen) atoms. The Morgan fingerprint density at radius 1 is 0.781 bits per heavy atom. The number of nitrogens with one attached hydrogen (secondary N) is 1. The number of methoxy groups -OCH3 is 3. The van der Waals surface area contributed by atoms with Gasteiger partial charge < -0.3 is 24.3 Å². The quantitative estimate of drug-likeness (QED) is 0.359. The lowest BCUT2D eigenvalue weighted by Gasteiger charge is -2.16. The lowest BCUT2D eigenvalue weighted by atomic mass is 10.1. The van der Waals surface area contributed by atoms with Gasteiger partial charge in [-0.25, -0.2) is 0 Å². The summed E-state index contributed by atoms with van der Waals surface area (Å²) in [5, 5.41) is 4.20. The Kier molecular flexibility index (Phi) is 10.5. The molecule has 3 aromatic carbocycles. The summed E-state index contributed by atoms with van der Waals surface area (Å²) in [4.78, 5) is 0. The summed E-state index contributed by atoms with van der Waals surface area (Å²) in [5.74, 6) is 2.94. The highest BCUT2D eigenvalue weighted by Gasteiger charge is 2.11. The SMILES string of the molecule is COc1ccc(CCNCc2cccc(OC)c2OCc2ccc(Cl)cc2)cc1OC.Cl. The van der Waals surface area contributed by atoms with Crippen LogP contribution in [0.2, 0.25) is 5.02 Å². The van der Waals surface area contributed by atoms with Crippen molar-refractivity contribution in [2.45, 2.75) is 19.6 Å². The minimum atomic E-state index is 0. The summed E-state index contributed by atoms with van der Waals surface area (Å²) < 4.78 is 22.3. The van der Waals surface area contributed by atoms with Crippen molar-refractivity contribution < 1.29 is 18.9 Å². The van der Waals surface area contributed by atoms with Crippen molar-refractivity contribution in [3.8, 4) is 23.0 Å². The van der Waals surface area contributed by atoms with Crippen molar-refractivity contribution in [2.24, 2.45) is 0 Å². The average Bonchev–Trinajstić information content (AvgIpc) is 2.81. The van der Waals surface area contributed by atoms with Crippen LogP contribution in [-0.2, 0) is 19.6 Å². The highest BCUT2D eigenvalue weighted by atomic mass is 35.5. The van der Waals surface area contributed by atoms with Crippen molar-refractivity contribution in [1.29, 1.82) is 0 Å². The standard InChI is InChI=1S/C25H28ClNO4.ClH/c1-28-22-12-9-18(15-24(22)30-3)13-14-27-16-20-5-4-6-23(29-2)25(20)31-17-19-7-10-21(26)11-8-19;/h4-12,15,27H,13-14,16-17H2,1-3H3;1H. The monoisotopic (exact) mass is 477 g/mol. The molecule has 0 aliphatic heterocycles. The zero-order valence-electron chi connectivity index (χ0n) is 18.5. The van der Waals surface area contributed by atoms with Gasteiger partial charge in [-0.2, -0.15) is 0 Å². The molecule has 0 saturated heterocycles. The van der Waals surface area contributed by atoms with Gasteiger partial charge in [0, 0.05) is 17.1 Å². The molecule has 3 aromatic rings. The number of rotatable bonds is 11. The van der Waals surface area contributed by atoms with E-state index >= 15 is 0 Å². The fourth-order valence-corrected chi connectivity index (χ4v) is 3.38. The van der Waals surface area contributed by atoms with Crippen LogP contribution < -0.4 is 24.3 Å². The minimum Gasteiger partial charge on any atom is -0.493 e. The van der Waals surface area contributed by atoms with Gasteiger partial charge in [0.25, 0.3) is 0 Å². The van der Waals surface area contributed by atoms with E-state index in [1.807, 2.05) is 54.6 Å². The summed E-state index contributed by atoms with van der Waals surface area (Å²) in [6.45, 7) is 1.92. The Morgan fingerprint density at radius 2 is 1.47 bits per heavy atom. The van der Waals surface area contributed by atoms with Crippen molar-refractivity contribution in [3.63, 3.8) is 0 Å². The van der Waals surface area contributed by atoms with Gasteiger partial charge >= 0.3 is 0 Å². The maximum absolute atomic E-state index is 6.12. The fraction of sp³-hybridized carbons (Fsp3) is 0.280. The first kappa shape index (κ1) is 25.7. The Bertz CT molecular complexity index is 980. The molecule has 0 aliphatic rings. The van der Waals surface area contributed by atoms with Crippen LogP contribution in [-0.4, -0.2) is 27.9 Å². The second-order valence-electron chi connectivity index (χ2n) is 6.98. The Morgan fingerprint density at radius 3 is 2.16 bits per heavy atom. The molecule has 0 saturated carbocycles. The number of benzene rings is 3. The van der Waals surface area contributed by atoms with Gasteiger partial charge in [-0.1, -0.05) is 41.9 Å². The number of hydrogen-bond acceptors (Lipinski definition) is 5. The van der Waals surface area contributed by atoms with Gasteiger partial charge in [-0.05, 0) is 54.4 Å². The maximum atomic E-state index is 6.12. The van der Waals surface area contributed by atoms with Crippen LogP contribution in [0.25, 0.3) is 0 Å². The molecule has 0 atom stereocenters. The summed E-state index contributed by atoms with van der Waals surface area (Å²) >= 11 is 5.97. The molecule has 5 nitrogen and oxygen atoms in total. The second-order valence-corrected chi connectivity index (χ2v) is 7.42. The van der Waals surface area contributed by atoms with E-state index in [1.54, 1.807) is 21.3 Å². The molecule has 0 amide bonds. The smallest absolute Gasteiger partial charge is 0.166 e. The third kappa shape index (κ3) is 6.95. The molecule has 3 rings (SSSR count). The van der Waals surface area contributed by atoms with Crippen LogP contribution in [0.4, 0.5) is 0 Å². The number of hydrogen-bond donors (Lipinski definition) is 1. The Hall–Kier alpha value is -2.60. The first-order chi connectivity index (χ1) is 15.1. The molecule has 0 fully saturated rings. The van der Waals surface area contributed by atoms with E-state index in [-0.39, 0.29) is 12.4 Å². The average molecular weight is 478 g/mol. The maximum Gasteiger partial charge on any atom is 0.166 e. The molecule has 1 N–H and O–H groups in total. The highest BCUT2D eigenvalue weighted by Crippen LogP contribution is 2.32. The Balaban J connectivity index is 0.00000363. The minimum absolute atomic E-state index is 0. The van der Waals surface area contributed by atoms with Gasteiger partial charge in [0.2, 0.25) is 0 Å². The summed E-state index contributed by atoms with van der Waals surface area (Å²) in [5.41, 5.74) is 3.26. The number of para-hydroxylation sites is 1. The van der Waals surface area contributed by atoms with E-state index in [0.717, 1.165) is 41.3 Å². The predicted octanol–water partition coefficient (Wildman–Crippen LogP) is 5.70. The highest BCUT2D eigenvalue weighted by molar-refractivity contribution is 6.30. The van der Waals surface area contributed by atoms with Gasteiger partial charge in [-0.15, -0.1) is 12.4 Å². The third-order valence-corrected chi connectivity index (χ3v) is 5.18. The molecule has 0 heterocycles. The normalized spacial score (nSPS) is 10.2. The van der Waals surface area contributed by atoms with E-state index in [2.05, 4.69) is 11.4 Å². The van der Waals surface area contributed by atoms with Crippen LogP contribution in [0.3, 0.4) is 0 Å². The summed E-state index contributed by atoms with van der Waals surface area (Å²) in [6.07, 6.45) is 0.866. The molecule has 0 radical (unpaired) electrons.